The molecule has 1 aliphatic heterocycles. The summed E-state index contributed by atoms with van der Waals surface area (Å²) in [6.45, 7) is -1.03. The minimum atomic E-state index is -2.88. The molecule has 2 rings (SSSR count). The number of amides is 1. The molecular formula is C13H16F2N2O3. The van der Waals surface area contributed by atoms with E-state index in [-0.39, 0.29) is 24.1 Å². The second kappa shape index (κ2) is 7.16. The van der Waals surface area contributed by atoms with Crippen LogP contribution in [0.2, 0.25) is 0 Å². The zero-order valence-electron chi connectivity index (χ0n) is 10.8. The SMILES string of the molecule is O=C(CC1COCCN1)Nc1cccc(OC(F)F)c1. The van der Waals surface area contributed by atoms with Gasteiger partial charge in [0.2, 0.25) is 5.91 Å². The van der Waals surface area contributed by atoms with E-state index in [2.05, 4.69) is 15.4 Å². The van der Waals surface area contributed by atoms with Crippen molar-refractivity contribution >= 4 is 11.6 Å². The molecule has 1 aromatic carbocycles. The van der Waals surface area contributed by atoms with Crippen molar-refractivity contribution in [2.45, 2.75) is 19.1 Å². The van der Waals surface area contributed by atoms with Crippen LogP contribution in [0.4, 0.5) is 14.5 Å². The Morgan fingerprint density at radius 3 is 3.10 bits per heavy atom. The van der Waals surface area contributed by atoms with Crippen LogP contribution in [0.3, 0.4) is 0 Å². The lowest BCUT2D eigenvalue weighted by molar-refractivity contribution is -0.117. The van der Waals surface area contributed by atoms with Gasteiger partial charge in [0.25, 0.3) is 0 Å². The highest BCUT2D eigenvalue weighted by atomic mass is 19.3. The van der Waals surface area contributed by atoms with E-state index in [1.54, 1.807) is 6.07 Å². The molecule has 1 heterocycles. The van der Waals surface area contributed by atoms with Gasteiger partial charge in [-0.1, -0.05) is 6.07 Å². The Kier molecular flexibility index (Phi) is 5.25. The lowest BCUT2D eigenvalue weighted by atomic mass is 10.2. The van der Waals surface area contributed by atoms with Crippen LogP contribution in [0.25, 0.3) is 0 Å². The van der Waals surface area contributed by atoms with E-state index in [0.29, 0.717) is 18.9 Å². The van der Waals surface area contributed by atoms with Crippen LogP contribution in [-0.4, -0.2) is 38.3 Å². The first-order chi connectivity index (χ1) is 9.63. The van der Waals surface area contributed by atoms with Crippen molar-refractivity contribution in [3.63, 3.8) is 0 Å². The largest absolute Gasteiger partial charge is 0.435 e. The fourth-order valence-electron chi connectivity index (χ4n) is 1.94. The van der Waals surface area contributed by atoms with Crippen molar-refractivity contribution in [2.75, 3.05) is 25.1 Å². The van der Waals surface area contributed by atoms with Crippen LogP contribution in [0.5, 0.6) is 5.75 Å². The zero-order chi connectivity index (χ0) is 14.4. The van der Waals surface area contributed by atoms with Gasteiger partial charge in [-0.2, -0.15) is 8.78 Å². The Labute approximate surface area is 115 Å². The van der Waals surface area contributed by atoms with Gasteiger partial charge in [-0.3, -0.25) is 4.79 Å². The first-order valence-electron chi connectivity index (χ1n) is 6.29. The Bertz CT molecular complexity index is 451. The summed E-state index contributed by atoms with van der Waals surface area (Å²) >= 11 is 0. The average molecular weight is 286 g/mol. The lowest BCUT2D eigenvalue weighted by Crippen LogP contribution is -2.43. The molecule has 1 atom stereocenters. The molecule has 1 amide bonds. The molecule has 0 bridgehead atoms. The third-order valence-corrected chi connectivity index (χ3v) is 2.77. The van der Waals surface area contributed by atoms with E-state index >= 15 is 0 Å². The molecule has 1 saturated heterocycles. The highest BCUT2D eigenvalue weighted by molar-refractivity contribution is 5.91. The Hall–Kier alpha value is -1.73. The van der Waals surface area contributed by atoms with Crippen molar-refractivity contribution in [3.8, 4) is 5.75 Å². The van der Waals surface area contributed by atoms with Crippen LogP contribution in [0.15, 0.2) is 24.3 Å². The number of nitrogens with one attached hydrogen (secondary N) is 2. The van der Waals surface area contributed by atoms with E-state index in [9.17, 15) is 13.6 Å². The number of hydrogen-bond donors (Lipinski definition) is 2. The third kappa shape index (κ3) is 4.75. The second-order valence-corrected chi connectivity index (χ2v) is 4.38. The summed E-state index contributed by atoms with van der Waals surface area (Å²) in [5.74, 6) is -0.195. The molecule has 20 heavy (non-hydrogen) atoms. The van der Waals surface area contributed by atoms with Crippen LogP contribution >= 0.6 is 0 Å². The maximum Gasteiger partial charge on any atom is 0.387 e. The summed E-state index contributed by atoms with van der Waals surface area (Å²) in [6, 6.07) is 5.88. The van der Waals surface area contributed by atoms with E-state index in [4.69, 9.17) is 4.74 Å². The number of benzene rings is 1. The molecule has 0 saturated carbocycles. The number of morpholine rings is 1. The van der Waals surface area contributed by atoms with Crippen molar-refractivity contribution < 1.29 is 23.0 Å². The zero-order valence-corrected chi connectivity index (χ0v) is 10.8. The van der Waals surface area contributed by atoms with E-state index in [0.717, 1.165) is 6.54 Å². The van der Waals surface area contributed by atoms with Crippen molar-refractivity contribution in [1.82, 2.24) is 5.32 Å². The quantitative estimate of drug-likeness (QED) is 0.863. The second-order valence-electron chi connectivity index (χ2n) is 4.38. The number of carbonyl (C=O) groups is 1. The molecular weight excluding hydrogens is 270 g/mol. The van der Waals surface area contributed by atoms with E-state index in [1.807, 2.05) is 0 Å². The van der Waals surface area contributed by atoms with Gasteiger partial charge in [0.15, 0.2) is 0 Å². The highest BCUT2D eigenvalue weighted by Gasteiger charge is 2.17. The fourth-order valence-corrected chi connectivity index (χ4v) is 1.94. The van der Waals surface area contributed by atoms with Gasteiger partial charge in [0.05, 0.1) is 13.2 Å². The topological polar surface area (TPSA) is 59.6 Å². The molecule has 0 radical (unpaired) electrons. The van der Waals surface area contributed by atoms with Gasteiger partial charge < -0.3 is 20.1 Å². The molecule has 5 nitrogen and oxygen atoms in total. The number of hydrogen-bond acceptors (Lipinski definition) is 4. The van der Waals surface area contributed by atoms with E-state index in [1.165, 1.54) is 18.2 Å². The molecule has 110 valence electrons. The van der Waals surface area contributed by atoms with Crippen molar-refractivity contribution in [1.29, 1.82) is 0 Å². The normalized spacial score (nSPS) is 18.9. The summed E-state index contributed by atoms with van der Waals surface area (Å²) in [5.41, 5.74) is 0.421. The van der Waals surface area contributed by atoms with Crippen molar-refractivity contribution in [2.24, 2.45) is 0 Å². The molecule has 0 spiro atoms. The first kappa shape index (κ1) is 14.7. The summed E-state index contributed by atoms with van der Waals surface area (Å²) < 4.78 is 33.7. The number of ether oxygens (including phenoxy) is 2. The Morgan fingerprint density at radius 2 is 2.40 bits per heavy atom. The molecule has 1 aliphatic rings. The fraction of sp³-hybridized carbons (Fsp3) is 0.462. The smallest absolute Gasteiger partial charge is 0.387 e. The number of alkyl halides is 2. The molecule has 1 unspecified atom stereocenters. The Morgan fingerprint density at radius 1 is 1.55 bits per heavy atom. The van der Waals surface area contributed by atoms with Crippen LogP contribution in [0.1, 0.15) is 6.42 Å². The van der Waals surface area contributed by atoms with Gasteiger partial charge in [0, 0.05) is 30.8 Å². The monoisotopic (exact) mass is 286 g/mol. The minimum Gasteiger partial charge on any atom is -0.435 e. The van der Waals surface area contributed by atoms with Crippen LogP contribution in [0, 0.1) is 0 Å². The standard InChI is InChI=1S/C13H16F2N2O3/c14-13(15)20-11-3-1-2-9(6-11)17-12(18)7-10-8-19-5-4-16-10/h1-3,6,10,13,16H,4-5,7-8H2,(H,17,18). The Balaban J connectivity index is 1.86. The summed E-state index contributed by atoms with van der Waals surface area (Å²) in [6.07, 6.45) is 0.264. The summed E-state index contributed by atoms with van der Waals surface area (Å²) in [7, 11) is 0. The molecule has 0 aliphatic carbocycles. The maximum atomic E-state index is 12.1. The number of carbonyl (C=O) groups excluding carboxylic acids is 1. The minimum absolute atomic E-state index is 0.0110. The molecule has 1 fully saturated rings. The summed E-state index contributed by atoms with van der Waals surface area (Å²) in [4.78, 5) is 11.8. The van der Waals surface area contributed by atoms with Gasteiger partial charge in [-0.25, -0.2) is 0 Å². The number of halogens is 2. The van der Waals surface area contributed by atoms with Gasteiger partial charge >= 0.3 is 6.61 Å². The predicted molar refractivity (Wildman–Crippen MR) is 68.9 cm³/mol. The molecule has 1 aromatic rings. The van der Waals surface area contributed by atoms with Crippen molar-refractivity contribution in [3.05, 3.63) is 24.3 Å². The van der Waals surface area contributed by atoms with Gasteiger partial charge in [-0.05, 0) is 12.1 Å². The van der Waals surface area contributed by atoms with Crippen LogP contribution in [-0.2, 0) is 9.53 Å². The molecule has 0 aromatic heterocycles. The first-order valence-corrected chi connectivity index (χ1v) is 6.29. The van der Waals surface area contributed by atoms with Gasteiger partial charge in [0.1, 0.15) is 5.75 Å². The molecule has 2 N–H and O–H groups in total. The maximum absolute atomic E-state index is 12.1. The average Bonchev–Trinajstić information content (AvgIpc) is 2.39. The third-order valence-electron chi connectivity index (χ3n) is 2.77. The highest BCUT2D eigenvalue weighted by Crippen LogP contribution is 2.19. The predicted octanol–water partition coefficient (Wildman–Crippen LogP) is 1.60. The van der Waals surface area contributed by atoms with Crippen LogP contribution < -0.4 is 15.4 Å². The van der Waals surface area contributed by atoms with Gasteiger partial charge in [-0.15, -0.1) is 0 Å². The molecule has 7 heteroatoms. The number of anilines is 1. The number of rotatable bonds is 5. The summed E-state index contributed by atoms with van der Waals surface area (Å²) in [5, 5.41) is 5.81. The lowest BCUT2D eigenvalue weighted by Gasteiger charge is -2.23. The van der Waals surface area contributed by atoms with E-state index < -0.39 is 6.61 Å².